The van der Waals surface area contributed by atoms with E-state index in [9.17, 15) is 9.59 Å². The van der Waals surface area contributed by atoms with E-state index < -0.39 is 0 Å². The molecule has 2 aromatic rings. The van der Waals surface area contributed by atoms with Gasteiger partial charge in [0.05, 0.1) is 6.04 Å². The molecule has 3 aliphatic heterocycles. The molecule has 4 heterocycles. The van der Waals surface area contributed by atoms with Crippen molar-refractivity contribution in [3.8, 4) is 0 Å². The fourth-order valence-electron chi connectivity index (χ4n) is 6.58. The Bertz CT molecular complexity index is 1420. The predicted octanol–water partition coefficient (Wildman–Crippen LogP) is 4.97. The highest BCUT2D eigenvalue weighted by Crippen LogP contribution is 2.32. The summed E-state index contributed by atoms with van der Waals surface area (Å²) in [6.07, 6.45) is 13.3. The maximum absolute atomic E-state index is 13.8. The van der Waals surface area contributed by atoms with Crippen LogP contribution in [0, 0.1) is 6.92 Å². The summed E-state index contributed by atoms with van der Waals surface area (Å²) in [5.41, 5.74) is 4.47. The highest BCUT2D eigenvalue weighted by atomic mass is 16.5. The molecule has 1 atom stereocenters. The third-order valence-electron chi connectivity index (χ3n) is 9.42. The first-order valence-corrected chi connectivity index (χ1v) is 16.3. The lowest BCUT2D eigenvalue weighted by Gasteiger charge is -2.39. The summed E-state index contributed by atoms with van der Waals surface area (Å²) < 4.78 is 5.57. The number of aromatic nitrogens is 2. The van der Waals surface area contributed by atoms with Crippen LogP contribution in [-0.2, 0) is 11.3 Å². The summed E-state index contributed by atoms with van der Waals surface area (Å²) in [5.74, 6) is 0.503. The standard InChI is InChI=1S/C35H45N7O3/c1-4-5-6-24(2)32-23-41(30-15-19-45-20-16-30)35(44)42(32)31-13-17-40(18-14-31)22-27-21-36-34(37-25(27)3)39-29-9-7-26(8-10-29)33(43)38-28-11-12-28/h4-10,21,28,30-32H,1-2,11-20,22-23H2,3H3,(H,38,43)(H,36,37,39)/b6-5-. The van der Waals surface area contributed by atoms with Crippen molar-refractivity contribution in [2.75, 3.05) is 38.2 Å². The Morgan fingerprint density at radius 3 is 2.47 bits per heavy atom. The lowest BCUT2D eigenvalue weighted by Crippen LogP contribution is -2.50. The number of benzene rings is 1. The Kier molecular flexibility index (Phi) is 9.61. The number of hydrogen-bond donors (Lipinski definition) is 2. The predicted molar refractivity (Wildman–Crippen MR) is 175 cm³/mol. The average Bonchev–Trinajstić information content (AvgIpc) is 3.81. The number of ether oxygens (including phenoxy) is 1. The van der Waals surface area contributed by atoms with Gasteiger partial charge in [-0.05, 0) is 75.3 Å². The molecule has 0 spiro atoms. The summed E-state index contributed by atoms with van der Waals surface area (Å²) in [5, 5.41) is 6.27. The number of urea groups is 1. The topological polar surface area (TPSA) is 103 Å². The summed E-state index contributed by atoms with van der Waals surface area (Å²) in [6, 6.07) is 8.24. The van der Waals surface area contributed by atoms with Crippen LogP contribution in [0.25, 0.3) is 0 Å². The second kappa shape index (κ2) is 14.0. The molecule has 10 nitrogen and oxygen atoms in total. The maximum Gasteiger partial charge on any atom is 0.321 e. The fraction of sp³-hybridized carbons (Fsp3) is 0.486. The molecule has 0 bridgehead atoms. The molecule has 3 saturated heterocycles. The molecule has 45 heavy (non-hydrogen) atoms. The smallest absolute Gasteiger partial charge is 0.321 e. The molecule has 4 fully saturated rings. The minimum atomic E-state index is -0.0283. The fourth-order valence-corrected chi connectivity index (χ4v) is 6.58. The molecule has 4 aliphatic rings. The number of anilines is 2. The number of hydrogen-bond acceptors (Lipinski definition) is 7. The van der Waals surface area contributed by atoms with Crippen molar-refractivity contribution in [2.24, 2.45) is 0 Å². The van der Waals surface area contributed by atoms with E-state index >= 15 is 0 Å². The molecule has 1 unspecified atom stereocenters. The summed E-state index contributed by atoms with van der Waals surface area (Å²) >= 11 is 0. The lowest BCUT2D eigenvalue weighted by molar-refractivity contribution is 0.0493. The van der Waals surface area contributed by atoms with Crippen LogP contribution in [-0.4, -0.2) is 93.6 Å². The average molecular weight is 612 g/mol. The van der Waals surface area contributed by atoms with Crippen molar-refractivity contribution in [3.63, 3.8) is 0 Å². The van der Waals surface area contributed by atoms with E-state index in [1.54, 1.807) is 6.08 Å². The van der Waals surface area contributed by atoms with Gasteiger partial charge in [0.25, 0.3) is 5.91 Å². The molecular formula is C35H45N7O3. The van der Waals surface area contributed by atoms with E-state index in [-0.39, 0.29) is 30.1 Å². The molecule has 2 N–H and O–H groups in total. The van der Waals surface area contributed by atoms with Gasteiger partial charge in [-0.15, -0.1) is 0 Å². The van der Waals surface area contributed by atoms with Crippen LogP contribution in [0.2, 0.25) is 0 Å². The summed E-state index contributed by atoms with van der Waals surface area (Å²) in [7, 11) is 0. The van der Waals surface area contributed by atoms with E-state index in [0.29, 0.717) is 37.3 Å². The van der Waals surface area contributed by atoms with Gasteiger partial charge in [0, 0.05) is 86.2 Å². The first-order valence-electron chi connectivity index (χ1n) is 16.3. The molecule has 238 valence electrons. The number of nitrogens with zero attached hydrogens (tertiary/aromatic N) is 5. The molecule has 6 rings (SSSR count). The zero-order chi connectivity index (χ0) is 31.3. The Balaban J connectivity index is 1.04. The molecule has 1 aliphatic carbocycles. The largest absolute Gasteiger partial charge is 0.381 e. The van der Waals surface area contributed by atoms with E-state index in [0.717, 1.165) is 80.7 Å². The first-order chi connectivity index (χ1) is 21.9. The number of piperidine rings is 1. The Labute approximate surface area is 266 Å². The van der Waals surface area contributed by atoms with Crippen LogP contribution < -0.4 is 10.6 Å². The van der Waals surface area contributed by atoms with Crippen molar-refractivity contribution in [2.45, 2.75) is 76.2 Å². The van der Waals surface area contributed by atoms with E-state index in [2.05, 4.69) is 43.5 Å². The minimum Gasteiger partial charge on any atom is -0.381 e. The van der Waals surface area contributed by atoms with Crippen molar-refractivity contribution in [3.05, 3.63) is 84.2 Å². The van der Waals surface area contributed by atoms with Gasteiger partial charge in [0.15, 0.2) is 0 Å². The summed E-state index contributed by atoms with van der Waals surface area (Å²) in [4.78, 5) is 42.0. The molecule has 3 amide bonds. The number of allylic oxidation sites excluding steroid dienone is 2. The highest BCUT2D eigenvalue weighted by Gasteiger charge is 2.45. The van der Waals surface area contributed by atoms with Crippen molar-refractivity contribution < 1.29 is 14.3 Å². The van der Waals surface area contributed by atoms with Crippen molar-refractivity contribution >= 4 is 23.6 Å². The van der Waals surface area contributed by atoms with Gasteiger partial charge in [-0.2, -0.15) is 0 Å². The number of carbonyl (C=O) groups is 2. The second-order valence-corrected chi connectivity index (χ2v) is 12.6. The molecule has 1 aromatic carbocycles. The molecule has 1 aromatic heterocycles. The number of likely N-dealkylation sites (tertiary alicyclic amines) is 1. The zero-order valence-corrected chi connectivity index (χ0v) is 26.3. The van der Waals surface area contributed by atoms with Crippen LogP contribution in [0.1, 0.15) is 60.1 Å². The van der Waals surface area contributed by atoms with Gasteiger partial charge >= 0.3 is 6.03 Å². The van der Waals surface area contributed by atoms with E-state index in [1.165, 1.54) is 0 Å². The van der Waals surface area contributed by atoms with Gasteiger partial charge < -0.3 is 25.2 Å². The summed E-state index contributed by atoms with van der Waals surface area (Å²) in [6.45, 7) is 14.8. The zero-order valence-electron chi connectivity index (χ0n) is 26.3. The van der Waals surface area contributed by atoms with Crippen molar-refractivity contribution in [1.82, 2.24) is 30.0 Å². The van der Waals surface area contributed by atoms with E-state index in [1.807, 2.05) is 49.5 Å². The number of aryl methyl sites for hydroxylation is 1. The van der Waals surface area contributed by atoms with Crippen LogP contribution >= 0.6 is 0 Å². The van der Waals surface area contributed by atoms with Gasteiger partial charge in [-0.25, -0.2) is 14.8 Å². The van der Waals surface area contributed by atoms with Gasteiger partial charge in [0.1, 0.15) is 0 Å². The third-order valence-corrected chi connectivity index (χ3v) is 9.42. The Morgan fingerprint density at radius 1 is 1.07 bits per heavy atom. The van der Waals surface area contributed by atoms with E-state index in [4.69, 9.17) is 9.72 Å². The lowest BCUT2D eigenvalue weighted by atomic mass is 9.99. The number of amides is 3. The normalized spacial score (nSPS) is 21.8. The quantitative estimate of drug-likeness (QED) is 0.346. The minimum absolute atomic E-state index is 0.0279. The third kappa shape index (κ3) is 7.45. The van der Waals surface area contributed by atoms with Gasteiger partial charge in [-0.1, -0.05) is 31.4 Å². The van der Waals surface area contributed by atoms with Crippen LogP contribution in [0.15, 0.2) is 67.4 Å². The van der Waals surface area contributed by atoms with Crippen LogP contribution in [0.5, 0.6) is 0 Å². The SMILES string of the molecule is C=C/C=C\C(=C)C1CN(C2CCOCC2)C(=O)N1C1CCN(Cc2cnc(Nc3ccc(C(=O)NC4CC4)cc3)nc2C)CC1. The highest BCUT2D eigenvalue weighted by molar-refractivity contribution is 5.95. The van der Waals surface area contributed by atoms with Gasteiger partial charge in [-0.3, -0.25) is 9.69 Å². The Morgan fingerprint density at radius 2 is 1.80 bits per heavy atom. The molecule has 0 radical (unpaired) electrons. The maximum atomic E-state index is 13.8. The molecule has 10 heteroatoms. The first kappa shape index (κ1) is 31.0. The second-order valence-electron chi connectivity index (χ2n) is 12.6. The number of carbonyl (C=O) groups excluding carboxylic acids is 2. The molecular weight excluding hydrogens is 566 g/mol. The van der Waals surface area contributed by atoms with Crippen LogP contribution in [0.3, 0.4) is 0 Å². The number of rotatable bonds is 11. The van der Waals surface area contributed by atoms with Crippen LogP contribution in [0.4, 0.5) is 16.4 Å². The Hall–Kier alpha value is -4.02. The van der Waals surface area contributed by atoms with Gasteiger partial charge in [0.2, 0.25) is 5.95 Å². The van der Waals surface area contributed by atoms with Crippen molar-refractivity contribution in [1.29, 1.82) is 0 Å². The number of nitrogens with one attached hydrogen (secondary N) is 2. The monoisotopic (exact) mass is 611 g/mol. The molecule has 1 saturated carbocycles.